The van der Waals surface area contributed by atoms with E-state index in [1.165, 1.54) is 156 Å². The summed E-state index contributed by atoms with van der Waals surface area (Å²) in [5, 5.41) is 0. The highest BCUT2D eigenvalue weighted by Crippen LogP contribution is 2.63. The van der Waals surface area contributed by atoms with Crippen LogP contribution in [0, 0.1) is 11.8 Å². The van der Waals surface area contributed by atoms with Crippen LogP contribution < -0.4 is 19.6 Å². The van der Waals surface area contributed by atoms with Gasteiger partial charge in [-0.2, -0.15) is 0 Å². The zero-order valence-corrected chi connectivity index (χ0v) is 79.5. The third kappa shape index (κ3) is 14.1. The molecule has 0 amide bonds. The lowest BCUT2D eigenvalue weighted by atomic mass is 9.68. The number of para-hydroxylation sites is 8. The molecule has 5 aliphatic carbocycles. The Morgan fingerprint density at radius 2 is 0.341 bits per heavy atom. The van der Waals surface area contributed by atoms with Gasteiger partial charge in [0.2, 0.25) is 0 Å². The monoisotopic (exact) mass is 1740 g/mol. The van der Waals surface area contributed by atoms with Crippen molar-refractivity contribution in [2.24, 2.45) is 11.8 Å². The standard InChI is InChI=1S/C131H114N4/c1-85(2)69-71-131(72-70-86(3)4)125-83-113(89-55-63-105-109-67-59-101(79-123(109)129(9,10)119(105)75-89)134(95-45-29-17-30-46-95)96-47-31-18-32-48-96)111(87-53-61-103-107-65-57-99(77-121(107)127(5,6)117(103)73-87)132(91-37-21-13-22-38-91)92-39-23-14-24-40-92)81-115(125)116-82-112(88-54-62-104-108-66-58-100(78-122(108)128(7,8)118(104)74-88)133(93-41-25-15-26-42-93)94-43-27-16-28-44-94)114(84-126(116)131)90-56-64-106-110-68-60-102(80-124(110)130(11,12)120(106)76-90)135(97-49-33-19-34-50-97)98-51-35-20-36-52-98/h13-68,73-86H,69-72H2,1-12H3. The van der Waals surface area contributed by atoms with E-state index < -0.39 is 0 Å². The van der Waals surface area contributed by atoms with Crippen LogP contribution in [0.15, 0.2) is 413 Å². The highest BCUT2D eigenvalue weighted by atomic mass is 15.2. The van der Waals surface area contributed by atoms with Crippen molar-refractivity contribution in [3.05, 3.63) is 468 Å². The molecule has 0 N–H and O–H groups in total. The molecule has 4 heteroatoms. The van der Waals surface area contributed by atoms with Crippen LogP contribution in [0.1, 0.15) is 164 Å². The fourth-order valence-electron chi connectivity index (χ4n) is 23.8. The van der Waals surface area contributed by atoms with Crippen LogP contribution in [-0.2, 0) is 27.1 Å². The zero-order valence-electron chi connectivity index (χ0n) is 79.5. The second-order valence-electron chi connectivity index (χ2n) is 41.3. The number of anilines is 12. The van der Waals surface area contributed by atoms with Crippen LogP contribution in [-0.4, -0.2) is 0 Å². The minimum Gasteiger partial charge on any atom is -0.310 e. The van der Waals surface area contributed by atoms with Crippen molar-refractivity contribution in [3.8, 4) is 100 Å². The molecule has 0 heterocycles. The Bertz CT molecular complexity index is 7020. The van der Waals surface area contributed by atoms with Gasteiger partial charge in [-0.05, 0) is 387 Å². The summed E-state index contributed by atoms with van der Waals surface area (Å²) in [4.78, 5) is 9.65. The van der Waals surface area contributed by atoms with Gasteiger partial charge in [0.15, 0.2) is 0 Å². The summed E-state index contributed by atoms with van der Waals surface area (Å²) in [6.07, 6.45) is 4.14. The van der Waals surface area contributed by atoms with Gasteiger partial charge in [-0.15, -0.1) is 0 Å². The van der Waals surface area contributed by atoms with Crippen molar-refractivity contribution < 1.29 is 0 Å². The Hall–Kier alpha value is -14.8. The molecule has 18 aromatic rings. The molecule has 4 nitrogen and oxygen atoms in total. The lowest BCUT2D eigenvalue weighted by molar-refractivity contribution is 0.364. The summed E-state index contributed by atoms with van der Waals surface area (Å²) in [7, 11) is 0. The number of nitrogens with zero attached hydrogens (tertiary/aromatic N) is 4. The Morgan fingerprint density at radius 3 is 0.533 bits per heavy atom. The molecule has 0 fully saturated rings. The van der Waals surface area contributed by atoms with Crippen molar-refractivity contribution in [2.75, 3.05) is 19.6 Å². The molecule has 0 bridgehead atoms. The van der Waals surface area contributed by atoms with Gasteiger partial charge in [0.05, 0.1) is 0 Å². The molecular formula is C131H114N4. The van der Waals surface area contributed by atoms with Crippen molar-refractivity contribution in [2.45, 2.75) is 136 Å². The first kappa shape index (κ1) is 84.4. The van der Waals surface area contributed by atoms with Crippen LogP contribution in [0.3, 0.4) is 0 Å². The predicted octanol–water partition coefficient (Wildman–Crippen LogP) is 36.6. The lowest BCUT2D eigenvalue weighted by Crippen LogP contribution is -2.27. The summed E-state index contributed by atoms with van der Waals surface area (Å²) in [5.74, 6) is 0.912. The van der Waals surface area contributed by atoms with Gasteiger partial charge in [0.1, 0.15) is 0 Å². The van der Waals surface area contributed by atoms with Gasteiger partial charge in [-0.3, -0.25) is 0 Å². The summed E-state index contributed by atoms with van der Waals surface area (Å²) in [5.41, 5.74) is 48.3. The quantitative estimate of drug-likeness (QED) is 0.0670. The number of hydrogen-bond acceptors (Lipinski definition) is 4. The molecule has 0 aromatic heterocycles. The molecule has 658 valence electrons. The Balaban J connectivity index is 0.736. The van der Waals surface area contributed by atoms with Crippen molar-refractivity contribution in [1.29, 1.82) is 0 Å². The molecule has 0 saturated heterocycles. The topological polar surface area (TPSA) is 13.0 Å². The fraction of sp³-hybridized carbons (Fsp3) is 0.176. The average Bonchev–Trinajstić information content (AvgIpc) is 1.53. The van der Waals surface area contributed by atoms with Crippen molar-refractivity contribution in [3.63, 3.8) is 0 Å². The molecule has 5 aliphatic rings. The number of rotatable bonds is 22. The zero-order chi connectivity index (χ0) is 92.0. The maximum atomic E-state index is 2.76. The van der Waals surface area contributed by atoms with E-state index >= 15 is 0 Å². The van der Waals surface area contributed by atoms with Gasteiger partial charge in [0.25, 0.3) is 0 Å². The molecule has 0 saturated carbocycles. The van der Waals surface area contributed by atoms with Gasteiger partial charge < -0.3 is 19.6 Å². The summed E-state index contributed by atoms with van der Waals surface area (Å²) in [6.45, 7) is 29.5. The highest BCUT2D eigenvalue weighted by Gasteiger charge is 2.47. The lowest BCUT2D eigenvalue weighted by Gasteiger charge is -2.35. The maximum absolute atomic E-state index is 2.76. The molecule has 18 aromatic carbocycles. The van der Waals surface area contributed by atoms with E-state index in [-0.39, 0.29) is 27.1 Å². The Kier molecular flexibility index (Phi) is 20.5. The van der Waals surface area contributed by atoms with E-state index in [4.69, 9.17) is 0 Å². The summed E-state index contributed by atoms with van der Waals surface area (Å²) in [6, 6.07) is 157. The normalized spacial score (nSPS) is 14.5. The number of hydrogen-bond donors (Lipinski definition) is 0. The Morgan fingerprint density at radius 1 is 0.163 bits per heavy atom. The van der Waals surface area contributed by atoms with E-state index in [0.717, 1.165) is 93.9 Å². The second kappa shape index (κ2) is 32.8. The van der Waals surface area contributed by atoms with Gasteiger partial charge >= 0.3 is 0 Å². The minimum absolute atomic E-state index is 0.359. The first-order chi connectivity index (χ1) is 65.6. The first-order valence-corrected chi connectivity index (χ1v) is 48.8. The van der Waals surface area contributed by atoms with Crippen LogP contribution in [0.2, 0.25) is 0 Å². The smallest absolute Gasteiger partial charge is 0.0465 e. The molecular weight excluding hydrogens is 1630 g/mol. The van der Waals surface area contributed by atoms with Crippen molar-refractivity contribution in [1.82, 2.24) is 0 Å². The minimum atomic E-state index is -0.378. The SMILES string of the molecule is CC(C)CCC1(CCC(C)C)c2cc(-c3ccc4c(c3)C(C)(C)c3cc(N(c5ccccc5)c5ccccc5)ccc3-4)c(-c3ccc4c(c3)C(C)(C)c3cc(N(c5ccccc5)c5ccccc5)ccc3-4)cc2-c2cc(-c3ccc4c(c3)C(C)(C)c3cc(N(c5ccccc5)c5ccccc5)ccc3-4)c(-c3ccc4c(c3)C(C)(C)c3cc(N(c5ccccc5)c5ccccc5)ccc3-4)cc21. The fourth-order valence-corrected chi connectivity index (χ4v) is 23.8. The number of benzene rings is 18. The van der Waals surface area contributed by atoms with Crippen LogP contribution in [0.4, 0.5) is 68.2 Å². The molecule has 0 radical (unpaired) electrons. The van der Waals surface area contributed by atoms with Crippen LogP contribution in [0.5, 0.6) is 0 Å². The van der Waals surface area contributed by atoms with E-state index in [1.54, 1.807) is 0 Å². The van der Waals surface area contributed by atoms with E-state index in [0.29, 0.717) is 11.8 Å². The first-order valence-electron chi connectivity index (χ1n) is 48.8. The molecule has 0 spiro atoms. The van der Waals surface area contributed by atoms with Gasteiger partial charge in [-0.1, -0.05) is 301 Å². The average molecular weight is 1740 g/mol. The Labute approximate surface area is 798 Å². The third-order valence-electron chi connectivity index (χ3n) is 31.0. The third-order valence-corrected chi connectivity index (χ3v) is 31.0. The summed E-state index contributed by atoms with van der Waals surface area (Å²) < 4.78 is 0. The maximum Gasteiger partial charge on any atom is 0.0465 e. The predicted molar refractivity (Wildman–Crippen MR) is 572 cm³/mol. The van der Waals surface area contributed by atoms with E-state index in [2.05, 4.69) is 515 Å². The van der Waals surface area contributed by atoms with Crippen LogP contribution >= 0.6 is 0 Å². The highest BCUT2D eigenvalue weighted by molar-refractivity contribution is 6.02. The molecule has 135 heavy (non-hydrogen) atoms. The van der Waals surface area contributed by atoms with E-state index in [9.17, 15) is 0 Å². The molecule has 0 aliphatic heterocycles. The molecule has 23 rings (SSSR count). The van der Waals surface area contributed by atoms with Crippen LogP contribution in [0.25, 0.3) is 100 Å². The largest absolute Gasteiger partial charge is 0.310 e. The van der Waals surface area contributed by atoms with Gasteiger partial charge in [0, 0.05) is 95.3 Å². The van der Waals surface area contributed by atoms with E-state index in [1.807, 2.05) is 0 Å². The molecule has 0 atom stereocenters. The van der Waals surface area contributed by atoms with Gasteiger partial charge in [-0.25, -0.2) is 0 Å². The summed E-state index contributed by atoms with van der Waals surface area (Å²) >= 11 is 0. The number of fused-ring (bicyclic) bond motifs is 15. The van der Waals surface area contributed by atoms with Crippen molar-refractivity contribution >= 4 is 68.2 Å². The molecule has 0 unspecified atom stereocenters. The second-order valence-corrected chi connectivity index (χ2v) is 41.3.